The maximum Gasteiger partial charge on any atom is 0.421 e. The van der Waals surface area contributed by atoms with Crippen LogP contribution in [0.2, 0.25) is 0 Å². The summed E-state index contributed by atoms with van der Waals surface area (Å²) in [4.78, 5) is 55.4. The van der Waals surface area contributed by atoms with E-state index in [0.717, 1.165) is 71.6 Å². The minimum absolute atomic E-state index is 0.0171. The lowest BCUT2D eigenvalue weighted by molar-refractivity contribution is -0.128. The highest BCUT2D eigenvalue weighted by Crippen LogP contribution is 2.42. The lowest BCUT2D eigenvalue weighted by atomic mass is 9.93. The van der Waals surface area contributed by atoms with Crippen molar-refractivity contribution >= 4 is 18.1 Å². The van der Waals surface area contributed by atoms with Crippen LogP contribution in [-0.2, 0) is 14.3 Å². The molecular formula is C40H50N8O6. The molecule has 0 spiro atoms. The van der Waals surface area contributed by atoms with Gasteiger partial charge < -0.3 is 29.4 Å². The molecule has 0 radical (unpaired) electrons. The summed E-state index contributed by atoms with van der Waals surface area (Å²) in [5, 5.41) is 15.4. The number of nitrogens with one attached hydrogen (secondary N) is 4. The van der Waals surface area contributed by atoms with Gasteiger partial charge in [0.15, 0.2) is 0 Å². The number of hydrogen-bond donors (Lipinski definition) is 5. The number of hydrogen-bond acceptors (Lipinski definition) is 9. The number of likely N-dealkylation sites (tertiary alicyclic amines) is 1. The largest absolute Gasteiger partial charge is 0.453 e. The van der Waals surface area contributed by atoms with E-state index in [9.17, 15) is 19.5 Å². The van der Waals surface area contributed by atoms with E-state index in [1.54, 1.807) is 30.0 Å². The summed E-state index contributed by atoms with van der Waals surface area (Å²) in [7, 11) is 2.57. The number of ether oxygens (including phenoxy) is 2. The second-order valence-electron chi connectivity index (χ2n) is 14.4. The van der Waals surface area contributed by atoms with Crippen LogP contribution in [-0.4, -0.2) is 86.1 Å². The van der Waals surface area contributed by atoms with Crippen LogP contribution in [0.4, 0.5) is 9.59 Å². The first-order chi connectivity index (χ1) is 26.0. The van der Waals surface area contributed by atoms with Crippen molar-refractivity contribution in [2.45, 2.75) is 84.0 Å². The van der Waals surface area contributed by atoms with Gasteiger partial charge in [-0.3, -0.25) is 15.5 Å². The zero-order valence-corrected chi connectivity index (χ0v) is 31.7. The van der Waals surface area contributed by atoms with Gasteiger partial charge in [0.25, 0.3) is 5.91 Å². The smallest absolute Gasteiger partial charge is 0.421 e. The third-order valence-electron chi connectivity index (χ3n) is 10.4. The van der Waals surface area contributed by atoms with E-state index in [1.807, 2.05) is 20.0 Å². The van der Waals surface area contributed by atoms with Crippen molar-refractivity contribution in [2.75, 3.05) is 20.8 Å². The Hall–Kier alpha value is -5.47. The average molecular weight is 739 g/mol. The van der Waals surface area contributed by atoms with Crippen LogP contribution in [0.25, 0.3) is 33.6 Å². The molecule has 1 saturated carbocycles. The molecular weight excluding hydrogens is 688 g/mol. The molecule has 5 N–H and O–H groups in total. The number of rotatable bonds is 11. The summed E-state index contributed by atoms with van der Waals surface area (Å²) in [5.74, 6) is 1.18. The van der Waals surface area contributed by atoms with E-state index < -0.39 is 18.4 Å². The molecule has 3 heterocycles. The number of amides is 3. The molecule has 1 aliphatic carbocycles. The summed E-state index contributed by atoms with van der Waals surface area (Å²) in [6.07, 6.45) is 5.70. The van der Waals surface area contributed by atoms with Gasteiger partial charge in [0.1, 0.15) is 23.6 Å². The van der Waals surface area contributed by atoms with Crippen molar-refractivity contribution in [1.29, 1.82) is 0 Å². The summed E-state index contributed by atoms with van der Waals surface area (Å²) >= 11 is 0. The molecule has 1 saturated heterocycles. The predicted octanol–water partition coefficient (Wildman–Crippen LogP) is 6.63. The fraction of sp³-hybridized carbons (Fsp3) is 0.425. The van der Waals surface area contributed by atoms with Gasteiger partial charge in [-0.15, -0.1) is 0 Å². The van der Waals surface area contributed by atoms with Gasteiger partial charge in [0, 0.05) is 24.4 Å². The van der Waals surface area contributed by atoms with Crippen LogP contribution in [0.15, 0.2) is 72.2 Å². The molecule has 14 heteroatoms. The minimum Gasteiger partial charge on any atom is -0.453 e. The van der Waals surface area contributed by atoms with Crippen LogP contribution < -0.4 is 10.7 Å². The third-order valence-corrected chi connectivity index (χ3v) is 10.4. The van der Waals surface area contributed by atoms with Crippen LogP contribution in [0.5, 0.6) is 0 Å². The molecule has 3 amide bonds. The molecule has 0 bridgehead atoms. The van der Waals surface area contributed by atoms with Crippen LogP contribution >= 0.6 is 0 Å². The van der Waals surface area contributed by atoms with E-state index in [1.165, 1.54) is 14.2 Å². The number of aliphatic hydroxyl groups is 1. The lowest BCUT2D eigenvalue weighted by Gasteiger charge is -2.36. The van der Waals surface area contributed by atoms with Crippen molar-refractivity contribution in [1.82, 2.24) is 40.6 Å². The number of aliphatic hydroxyl groups excluding tert-OH is 1. The molecule has 2 aromatic carbocycles. The Labute approximate surface area is 315 Å². The fourth-order valence-corrected chi connectivity index (χ4v) is 7.54. The number of benzene rings is 2. The Balaban J connectivity index is 1.11. The van der Waals surface area contributed by atoms with Gasteiger partial charge in [-0.25, -0.2) is 19.6 Å². The Kier molecular flexibility index (Phi) is 11.8. The van der Waals surface area contributed by atoms with Gasteiger partial charge >= 0.3 is 12.2 Å². The summed E-state index contributed by atoms with van der Waals surface area (Å²) < 4.78 is 9.49. The first-order valence-corrected chi connectivity index (χ1v) is 18.4. The molecule has 3 unspecified atom stereocenters. The number of aromatic amines is 2. The van der Waals surface area contributed by atoms with Gasteiger partial charge in [-0.05, 0) is 81.2 Å². The fourth-order valence-electron chi connectivity index (χ4n) is 7.54. The van der Waals surface area contributed by atoms with Crippen molar-refractivity contribution in [3.8, 4) is 33.6 Å². The minimum atomic E-state index is -0.890. The Morgan fingerprint density at radius 2 is 1.37 bits per heavy atom. The summed E-state index contributed by atoms with van der Waals surface area (Å²) in [5.41, 5.74) is 9.43. The number of hydrazine groups is 1. The second-order valence-corrected chi connectivity index (χ2v) is 14.4. The van der Waals surface area contributed by atoms with E-state index in [-0.39, 0.29) is 35.5 Å². The number of allylic oxidation sites excluding steroid dienone is 1. The number of carbonyl (C=O) groups excluding carboxylic acids is 3. The van der Waals surface area contributed by atoms with Gasteiger partial charge in [-0.2, -0.15) is 5.01 Å². The average Bonchev–Trinajstić information content (AvgIpc) is 4.02. The number of aromatic nitrogens is 4. The highest BCUT2D eigenvalue weighted by Gasteiger charge is 2.40. The molecule has 2 aliphatic rings. The molecule has 54 heavy (non-hydrogen) atoms. The van der Waals surface area contributed by atoms with E-state index in [0.29, 0.717) is 17.9 Å². The topological polar surface area (TPSA) is 178 Å². The van der Waals surface area contributed by atoms with Crippen LogP contribution in [0, 0.1) is 5.92 Å². The molecule has 4 aromatic rings. The van der Waals surface area contributed by atoms with Crippen LogP contribution in [0.1, 0.15) is 83.4 Å². The number of carbonyl (C=O) groups is 3. The predicted molar refractivity (Wildman–Crippen MR) is 203 cm³/mol. The summed E-state index contributed by atoms with van der Waals surface area (Å²) in [6, 6.07) is 16.2. The SMILES string of the molecule is COC(=O)NC(C(=O)N1CCC[C@H]1c1ncc(-c2ccc(-c3ccc(-c4cnc(C5CCCC5C(O)N(NC(=O)OC)C(C)C)[nH]4)cc3)cc2)[nH]1)=C(C)C. The highest BCUT2D eigenvalue weighted by atomic mass is 16.5. The number of alkyl carbamates (subject to hydrolysis) is 1. The van der Waals surface area contributed by atoms with Crippen molar-refractivity contribution < 1.29 is 29.0 Å². The summed E-state index contributed by atoms with van der Waals surface area (Å²) in [6.45, 7) is 7.95. The van der Waals surface area contributed by atoms with Crippen molar-refractivity contribution in [2.24, 2.45) is 5.92 Å². The van der Waals surface area contributed by atoms with Crippen molar-refractivity contribution in [3.63, 3.8) is 0 Å². The first kappa shape index (κ1) is 38.3. The molecule has 2 aromatic heterocycles. The zero-order chi connectivity index (χ0) is 38.5. The first-order valence-electron chi connectivity index (χ1n) is 18.4. The van der Waals surface area contributed by atoms with Gasteiger partial charge in [0.05, 0.1) is 44.0 Å². The van der Waals surface area contributed by atoms with Crippen molar-refractivity contribution in [3.05, 3.63) is 83.8 Å². The Morgan fingerprint density at radius 1 is 0.815 bits per heavy atom. The normalized spacial score (nSPS) is 18.8. The number of nitrogens with zero attached hydrogens (tertiary/aromatic N) is 4. The Morgan fingerprint density at radius 3 is 1.93 bits per heavy atom. The number of H-pyrrole nitrogens is 2. The van der Waals surface area contributed by atoms with Gasteiger partial charge in [0.2, 0.25) is 0 Å². The monoisotopic (exact) mass is 738 g/mol. The number of methoxy groups -OCH3 is 2. The maximum atomic E-state index is 13.5. The Bertz CT molecular complexity index is 1960. The van der Waals surface area contributed by atoms with Gasteiger partial charge in [-0.1, -0.05) is 55.0 Å². The molecule has 286 valence electrons. The number of imidazole rings is 2. The molecule has 2 fully saturated rings. The third kappa shape index (κ3) is 8.19. The quantitative estimate of drug-likeness (QED) is 0.0642. The van der Waals surface area contributed by atoms with E-state index in [2.05, 4.69) is 74.2 Å². The zero-order valence-electron chi connectivity index (χ0n) is 31.7. The van der Waals surface area contributed by atoms with E-state index >= 15 is 0 Å². The highest BCUT2D eigenvalue weighted by molar-refractivity contribution is 5.97. The lowest BCUT2D eigenvalue weighted by Crippen LogP contribution is -2.55. The molecule has 14 nitrogen and oxygen atoms in total. The second kappa shape index (κ2) is 16.7. The molecule has 1 aliphatic heterocycles. The standard InChI is InChI=1S/C40H50N8O6/c1-23(2)34(45-39(51)53-5)38(50)47-20-8-11-33(47)36-42-22-32(44-36)28-18-14-26(15-19-28)25-12-16-27(17-13-25)31-21-41-35(43-31)29-9-7-10-30(29)37(49)48(24(3)4)46-40(52)54-6/h12-19,21-22,24,29-30,33,37,49H,7-11,20H2,1-6H3,(H,41,43)(H,42,44)(H,45,51)(H,46,52)/t29?,30?,33-,37?/m0/s1. The maximum absolute atomic E-state index is 13.5. The van der Waals surface area contributed by atoms with Crippen LogP contribution in [0.3, 0.4) is 0 Å². The molecule has 6 rings (SSSR count). The molecule has 4 atom stereocenters. The van der Waals surface area contributed by atoms with E-state index in [4.69, 9.17) is 14.5 Å².